The molecule has 0 amide bonds. The fourth-order valence-electron chi connectivity index (χ4n) is 2.38. The van der Waals surface area contributed by atoms with Gasteiger partial charge in [-0.15, -0.1) is 0 Å². The van der Waals surface area contributed by atoms with Gasteiger partial charge in [0.15, 0.2) is 0 Å². The van der Waals surface area contributed by atoms with E-state index in [0.717, 1.165) is 31.2 Å². The van der Waals surface area contributed by atoms with Crippen LogP contribution in [0.3, 0.4) is 0 Å². The van der Waals surface area contributed by atoms with E-state index < -0.39 is 0 Å². The van der Waals surface area contributed by atoms with E-state index in [1.807, 2.05) is 0 Å². The van der Waals surface area contributed by atoms with Crippen LogP contribution in [0.2, 0.25) is 0 Å². The highest BCUT2D eigenvalue weighted by atomic mass is 16.5. The number of hydrogen-bond donors (Lipinski definition) is 1. The monoisotopic (exact) mass is 233 g/mol. The molecule has 0 aliphatic carbocycles. The number of hydrogen-bond acceptors (Lipinski definition) is 2. The summed E-state index contributed by atoms with van der Waals surface area (Å²) in [5.41, 5.74) is 1.33. The van der Waals surface area contributed by atoms with Crippen molar-refractivity contribution >= 4 is 0 Å². The maximum Gasteiger partial charge on any atom is 0.124 e. The molecule has 2 atom stereocenters. The second-order valence-electron chi connectivity index (χ2n) is 5.03. The summed E-state index contributed by atoms with van der Waals surface area (Å²) in [6, 6.07) is 8.91. The van der Waals surface area contributed by atoms with Crippen LogP contribution in [0, 0.1) is 5.92 Å². The molecule has 1 heterocycles. The quantitative estimate of drug-likeness (QED) is 0.859. The first-order chi connectivity index (χ1) is 8.31. The Hall–Kier alpha value is -1.02. The van der Waals surface area contributed by atoms with Crippen molar-refractivity contribution < 1.29 is 4.74 Å². The van der Waals surface area contributed by atoms with E-state index >= 15 is 0 Å². The van der Waals surface area contributed by atoms with Crippen molar-refractivity contribution in [3.63, 3.8) is 0 Å². The van der Waals surface area contributed by atoms with E-state index in [0.29, 0.717) is 6.04 Å². The van der Waals surface area contributed by atoms with Gasteiger partial charge in [-0.1, -0.05) is 32.0 Å². The Morgan fingerprint density at radius 2 is 2.12 bits per heavy atom. The van der Waals surface area contributed by atoms with Crippen LogP contribution in [-0.2, 0) is 0 Å². The number of benzene rings is 1. The SMILES string of the molecule is CCCOc1ccccc1C1CCC(C)CN1. The molecule has 0 spiro atoms. The molecule has 1 aromatic carbocycles. The summed E-state index contributed by atoms with van der Waals surface area (Å²) in [5.74, 6) is 1.86. The zero-order valence-electron chi connectivity index (χ0n) is 10.9. The molecular weight excluding hydrogens is 210 g/mol. The lowest BCUT2D eigenvalue weighted by molar-refractivity contribution is 0.293. The van der Waals surface area contributed by atoms with Gasteiger partial charge in [-0.3, -0.25) is 0 Å². The maximum atomic E-state index is 5.83. The normalized spacial score (nSPS) is 24.6. The largest absolute Gasteiger partial charge is 0.493 e. The van der Waals surface area contributed by atoms with Gasteiger partial charge in [0.1, 0.15) is 5.75 Å². The second-order valence-corrected chi connectivity index (χ2v) is 5.03. The molecular formula is C15H23NO. The first-order valence-corrected chi connectivity index (χ1v) is 6.76. The third kappa shape index (κ3) is 3.22. The van der Waals surface area contributed by atoms with Crippen LogP contribution >= 0.6 is 0 Å². The molecule has 0 radical (unpaired) electrons. The molecule has 2 unspecified atom stereocenters. The molecule has 1 aromatic rings. The summed E-state index contributed by atoms with van der Waals surface area (Å²) in [6.07, 6.45) is 3.58. The second kappa shape index (κ2) is 6.06. The highest BCUT2D eigenvalue weighted by Crippen LogP contribution is 2.31. The topological polar surface area (TPSA) is 21.3 Å². The molecule has 1 aliphatic heterocycles. The van der Waals surface area contributed by atoms with E-state index in [9.17, 15) is 0 Å². The molecule has 0 saturated carbocycles. The first-order valence-electron chi connectivity index (χ1n) is 6.76. The van der Waals surface area contributed by atoms with Crippen LogP contribution < -0.4 is 10.1 Å². The van der Waals surface area contributed by atoms with Gasteiger partial charge < -0.3 is 10.1 Å². The van der Waals surface area contributed by atoms with Gasteiger partial charge >= 0.3 is 0 Å². The van der Waals surface area contributed by atoms with Crippen LogP contribution in [0.4, 0.5) is 0 Å². The smallest absolute Gasteiger partial charge is 0.124 e. The van der Waals surface area contributed by atoms with Crippen molar-refractivity contribution in [3.05, 3.63) is 29.8 Å². The third-order valence-corrected chi connectivity index (χ3v) is 3.42. The molecule has 2 heteroatoms. The van der Waals surface area contributed by atoms with Crippen molar-refractivity contribution in [3.8, 4) is 5.75 Å². The van der Waals surface area contributed by atoms with Gasteiger partial charge in [-0.25, -0.2) is 0 Å². The Kier molecular flexibility index (Phi) is 4.43. The van der Waals surface area contributed by atoms with Crippen LogP contribution in [0.1, 0.15) is 44.7 Å². The fourth-order valence-corrected chi connectivity index (χ4v) is 2.38. The van der Waals surface area contributed by atoms with Gasteiger partial charge in [0.2, 0.25) is 0 Å². The average molecular weight is 233 g/mol. The predicted molar refractivity (Wildman–Crippen MR) is 71.4 cm³/mol. The van der Waals surface area contributed by atoms with Crippen molar-refractivity contribution in [1.29, 1.82) is 0 Å². The van der Waals surface area contributed by atoms with Gasteiger partial charge in [0.05, 0.1) is 6.61 Å². The fraction of sp³-hybridized carbons (Fsp3) is 0.600. The lowest BCUT2D eigenvalue weighted by atomic mass is 9.92. The summed E-state index contributed by atoms with van der Waals surface area (Å²) >= 11 is 0. The minimum atomic E-state index is 0.472. The Morgan fingerprint density at radius 1 is 1.29 bits per heavy atom. The van der Waals surface area contributed by atoms with Gasteiger partial charge in [0, 0.05) is 11.6 Å². The minimum absolute atomic E-state index is 0.472. The zero-order chi connectivity index (χ0) is 12.1. The minimum Gasteiger partial charge on any atom is -0.493 e. The number of piperidine rings is 1. The highest BCUT2D eigenvalue weighted by molar-refractivity contribution is 5.36. The van der Waals surface area contributed by atoms with Crippen LogP contribution in [0.5, 0.6) is 5.75 Å². The third-order valence-electron chi connectivity index (χ3n) is 3.42. The summed E-state index contributed by atoms with van der Waals surface area (Å²) in [7, 11) is 0. The van der Waals surface area contributed by atoms with E-state index in [1.54, 1.807) is 0 Å². The van der Waals surface area contributed by atoms with E-state index in [2.05, 4.69) is 43.4 Å². The average Bonchev–Trinajstić information content (AvgIpc) is 2.38. The number of rotatable bonds is 4. The van der Waals surface area contributed by atoms with E-state index in [4.69, 9.17) is 4.74 Å². The van der Waals surface area contributed by atoms with Crippen LogP contribution in [-0.4, -0.2) is 13.2 Å². The Balaban J connectivity index is 2.08. The van der Waals surface area contributed by atoms with Gasteiger partial charge in [-0.2, -0.15) is 0 Å². The maximum absolute atomic E-state index is 5.83. The van der Waals surface area contributed by atoms with E-state index in [1.165, 1.54) is 18.4 Å². The molecule has 0 aromatic heterocycles. The van der Waals surface area contributed by atoms with Crippen molar-refractivity contribution in [2.45, 2.75) is 39.2 Å². The Bertz CT molecular complexity index is 343. The number of ether oxygens (including phenoxy) is 1. The summed E-state index contributed by atoms with van der Waals surface area (Å²) in [4.78, 5) is 0. The lowest BCUT2D eigenvalue weighted by Crippen LogP contribution is -2.32. The molecule has 0 bridgehead atoms. The Morgan fingerprint density at radius 3 is 2.82 bits per heavy atom. The lowest BCUT2D eigenvalue weighted by Gasteiger charge is -2.29. The van der Waals surface area contributed by atoms with Crippen molar-refractivity contribution in [2.75, 3.05) is 13.2 Å². The van der Waals surface area contributed by atoms with E-state index in [-0.39, 0.29) is 0 Å². The summed E-state index contributed by atoms with van der Waals surface area (Å²) in [6.45, 7) is 6.37. The van der Waals surface area contributed by atoms with Gasteiger partial charge in [0.25, 0.3) is 0 Å². The van der Waals surface area contributed by atoms with Crippen LogP contribution in [0.15, 0.2) is 24.3 Å². The number of nitrogens with one attached hydrogen (secondary N) is 1. The molecule has 2 rings (SSSR count). The molecule has 17 heavy (non-hydrogen) atoms. The molecule has 1 aliphatic rings. The van der Waals surface area contributed by atoms with Crippen LogP contribution in [0.25, 0.3) is 0 Å². The standard InChI is InChI=1S/C15H23NO/c1-3-10-17-15-7-5-4-6-13(15)14-9-8-12(2)11-16-14/h4-7,12,14,16H,3,8-11H2,1-2H3. The molecule has 94 valence electrons. The molecule has 1 N–H and O–H groups in total. The summed E-state index contributed by atoms with van der Waals surface area (Å²) < 4.78 is 5.83. The first kappa shape index (κ1) is 12.4. The van der Waals surface area contributed by atoms with Crippen molar-refractivity contribution in [2.24, 2.45) is 5.92 Å². The molecule has 1 saturated heterocycles. The van der Waals surface area contributed by atoms with Gasteiger partial charge in [-0.05, 0) is 37.8 Å². The van der Waals surface area contributed by atoms with Crippen molar-refractivity contribution in [1.82, 2.24) is 5.32 Å². The zero-order valence-corrected chi connectivity index (χ0v) is 10.9. The Labute approximate surface area is 104 Å². The predicted octanol–water partition coefficient (Wildman–Crippen LogP) is 3.54. The summed E-state index contributed by atoms with van der Waals surface area (Å²) in [5, 5.41) is 3.62. The number of para-hydroxylation sites is 1. The highest BCUT2D eigenvalue weighted by Gasteiger charge is 2.21. The molecule has 1 fully saturated rings. The molecule has 2 nitrogen and oxygen atoms in total.